The normalized spacial score (nSPS) is 10.6. The fourth-order valence-corrected chi connectivity index (χ4v) is 2.35. The molecule has 1 rings (SSSR count). The van der Waals surface area contributed by atoms with E-state index in [1.807, 2.05) is 20.8 Å². The van der Waals surface area contributed by atoms with Gasteiger partial charge in [-0.05, 0) is 20.8 Å². The Hall–Kier alpha value is -1.43. The molecule has 6 heteroatoms. The summed E-state index contributed by atoms with van der Waals surface area (Å²) in [6.07, 6.45) is 0.467. The monoisotopic (exact) mass is 284 g/mol. The molecule has 0 spiro atoms. The van der Waals surface area contributed by atoms with Crippen LogP contribution in [0.1, 0.15) is 49.6 Å². The molecule has 0 fully saturated rings. The van der Waals surface area contributed by atoms with Crippen LogP contribution in [0.4, 0.5) is 0 Å². The van der Waals surface area contributed by atoms with Crippen molar-refractivity contribution in [3.63, 3.8) is 0 Å². The fourth-order valence-electron chi connectivity index (χ4n) is 1.59. The highest BCUT2D eigenvalue weighted by molar-refractivity contribution is 7.09. The molecule has 5 nitrogen and oxygen atoms in total. The van der Waals surface area contributed by atoms with E-state index in [2.05, 4.69) is 4.98 Å². The number of ether oxygens (including phenoxy) is 1. The highest BCUT2D eigenvalue weighted by Gasteiger charge is 2.18. The summed E-state index contributed by atoms with van der Waals surface area (Å²) in [7, 11) is 0. The van der Waals surface area contributed by atoms with Gasteiger partial charge in [0.05, 0.1) is 13.2 Å². The number of aromatic nitrogens is 1. The first-order chi connectivity index (χ1) is 8.99. The highest BCUT2D eigenvalue weighted by atomic mass is 32.1. The van der Waals surface area contributed by atoms with Crippen LogP contribution < -0.4 is 0 Å². The molecule has 0 saturated carbocycles. The summed E-state index contributed by atoms with van der Waals surface area (Å²) in [5.41, 5.74) is 0.314. The van der Waals surface area contributed by atoms with Crippen LogP contribution in [0, 0.1) is 0 Å². The first-order valence-corrected chi connectivity index (χ1v) is 7.28. The van der Waals surface area contributed by atoms with Gasteiger partial charge in [-0.3, -0.25) is 4.79 Å². The molecule has 1 amide bonds. The van der Waals surface area contributed by atoms with Crippen molar-refractivity contribution in [3.8, 4) is 0 Å². The van der Waals surface area contributed by atoms with E-state index in [1.54, 1.807) is 17.2 Å². The van der Waals surface area contributed by atoms with Gasteiger partial charge in [0, 0.05) is 17.8 Å². The Balaban J connectivity index is 2.76. The molecule has 106 valence electrons. The van der Waals surface area contributed by atoms with Crippen molar-refractivity contribution in [2.45, 2.75) is 46.7 Å². The zero-order chi connectivity index (χ0) is 14.4. The number of carbonyl (C=O) groups is 2. The Kier molecular flexibility index (Phi) is 5.95. The number of esters is 1. The summed E-state index contributed by atoms with van der Waals surface area (Å²) in [4.78, 5) is 29.3. The summed E-state index contributed by atoms with van der Waals surface area (Å²) in [5.74, 6) is -0.328. The van der Waals surface area contributed by atoms with Gasteiger partial charge < -0.3 is 9.64 Å². The van der Waals surface area contributed by atoms with E-state index < -0.39 is 5.97 Å². The molecule has 0 aromatic carbocycles. The molecular weight excluding hydrogens is 264 g/mol. The molecule has 1 heterocycles. The van der Waals surface area contributed by atoms with Gasteiger partial charge in [-0.1, -0.05) is 6.92 Å². The minimum absolute atomic E-state index is 0.0860. The molecule has 0 atom stereocenters. The van der Waals surface area contributed by atoms with Crippen molar-refractivity contribution in [1.29, 1.82) is 0 Å². The van der Waals surface area contributed by atoms with E-state index >= 15 is 0 Å². The Morgan fingerprint density at radius 2 is 2.11 bits per heavy atom. The maximum Gasteiger partial charge on any atom is 0.357 e. The molecule has 1 aromatic rings. The van der Waals surface area contributed by atoms with Crippen molar-refractivity contribution in [2.75, 3.05) is 6.61 Å². The average molecular weight is 284 g/mol. The average Bonchev–Trinajstić information content (AvgIpc) is 2.83. The zero-order valence-electron chi connectivity index (χ0n) is 11.8. The Labute approximate surface area is 117 Å². The van der Waals surface area contributed by atoms with Gasteiger partial charge in [0.25, 0.3) is 0 Å². The minimum atomic E-state index is -0.414. The number of hydrogen-bond acceptors (Lipinski definition) is 5. The number of rotatable bonds is 6. The van der Waals surface area contributed by atoms with Crippen LogP contribution in [0.5, 0.6) is 0 Å². The van der Waals surface area contributed by atoms with Gasteiger partial charge in [-0.2, -0.15) is 0 Å². The van der Waals surface area contributed by atoms with Gasteiger partial charge in [-0.25, -0.2) is 9.78 Å². The van der Waals surface area contributed by atoms with E-state index in [9.17, 15) is 9.59 Å². The van der Waals surface area contributed by atoms with E-state index in [0.29, 0.717) is 25.3 Å². The molecular formula is C13H20N2O3S. The van der Waals surface area contributed by atoms with Crippen molar-refractivity contribution < 1.29 is 14.3 Å². The second-order valence-corrected chi connectivity index (χ2v) is 5.26. The SMILES string of the molecule is CCOC(=O)c1csc(CN(C(=O)CC)C(C)C)n1. The van der Waals surface area contributed by atoms with Crippen LogP contribution in [-0.2, 0) is 16.1 Å². The Bertz CT molecular complexity index is 443. The predicted molar refractivity (Wildman–Crippen MR) is 74.0 cm³/mol. The topological polar surface area (TPSA) is 59.5 Å². The molecule has 0 unspecified atom stereocenters. The standard InChI is InChI=1S/C13H20N2O3S/c1-5-12(16)15(9(3)4)7-11-14-10(8-19-11)13(17)18-6-2/h8-9H,5-7H2,1-4H3. The zero-order valence-corrected chi connectivity index (χ0v) is 12.6. The second kappa shape index (κ2) is 7.23. The molecule has 0 saturated heterocycles. The molecule has 0 radical (unpaired) electrons. The van der Waals surface area contributed by atoms with Crippen LogP contribution in [0.25, 0.3) is 0 Å². The van der Waals surface area contributed by atoms with Crippen LogP contribution in [0.15, 0.2) is 5.38 Å². The van der Waals surface area contributed by atoms with Crippen LogP contribution in [0.2, 0.25) is 0 Å². The number of amides is 1. The third kappa shape index (κ3) is 4.31. The second-order valence-electron chi connectivity index (χ2n) is 4.32. The van der Waals surface area contributed by atoms with Crippen molar-refractivity contribution in [3.05, 3.63) is 16.1 Å². The quantitative estimate of drug-likeness (QED) is 0.753. The summed E-state index contributed by atoms with van der Waals surface area (Å²) >= 11 is 1.37. The molecule has 0 N–H and O–H groups in total. The maximum absolute atomic E-state index is 11.8. The van der Waals surface area contributed by atoms with Crippen molar-refractivity contribution >= 4 is 23.2 Å². The van der Waals surface area contributed by atoms with Gasteiger partial charge in [-0.15, -0.1) is 11.3 Å². The van der Waals surface area contributed by atoms with E-state index in [-0.39, 0.29) is 11.9 Å². The van der Waals surface area contributed by atoms with Crippen LogP contribution >= 0.6 is 11.3 Å². The molecule has 0 aliphatic rings. The van der Waals surface area contributed by atoms with Gasteiger partial charge in [0.2, 0.25) is 5.91 Å². The lowest BCUT2D eigenvalue weighted by Gasteiger charge is -2.25. The summed E-state index contributed by atoms with van der Waals surface area (Å²) in [6.45, 7) is 8.29. The molecule has 0 aliphatic carbocycles. The maximum atomic E-state index is 11.8. The molecule has 0 bridgehead atoms. The lowest BCUT2D eigenvalue weighted by atomic mass is 10.3. The smallest absolute Gasteiger partial charge is 0.357 e. The van der Waals surface area contributed by atoms with E-state index in [4.69, 9.17) is 4.74 Å². The third-order valence-electron chi connectivity index (χ3n) is 2.59. The number of thiazole rings is 1. The number of hydrogen-bond donors (Lipinski definition) is 0. The Morgan fingerprint density at radius 1 is 1.42 bits per heavy atom. The van der Waals surface area contributed by atoms with Gasteiger partial charge in [0.1, 0.15) is 5.01 Å². The van der Waals surface area contributed by atoms with Crippen LogP contribution in [0.3, 0.4) is 0 Å². The van der Waals surface area contributed by atoms with Crippen molar-refractivity contribution in [1.82, 2.24) is 9.88 Å². The first kappa shape index (κ1) is 15.6. The summed E-state index contributed by atoms with van der Waals surface area (Å²) in [6, 6.07) is 0.113. The Morgan fingerprint density at radius 3 is 2.63 bits per heavy atom. The van der Waals surface area contributed by atoms with E-state index in [0.717, 1.165) is 5.01 Å². The molecule has 19 heavy (non-hydrogen) atoms. The summed E-state index contributed by atoms with van der Waals surface area (Å²) in [5, 5.41) is 2.42. The molecule has 1 aromatic heterocycles. The van der Waals surface area contributed by atoms with Gasteiger partial charge in [0.15, 0.2) is 5.69 Å². The lowest BCUT2D eigenvalue weighted by Crippen LogP contribution is -2.35. The lowest BCUT2D eigenvalue weighted by molar-refractivity contribution is -0.133. The highest BCUT2D eigenvalue weighted by Crippen LogP contribution is 2.15. The molecule has 0 aliphatic heterocycles. The fraction of sp³-hybridized carbons (Fsp3) is 0.615. The number of carbonyl (C=O) groups excluding carboxylic acids is 2. The predicted octanol–water partition coefficient (Wildman–Crippen LogP) is 2.47. The summed E-state index contributed by atoms with van der Waals surface area (Å²) < 4.78 is 4.89. The number of nitrogens with zero attached hydrogens (tertiary/aromatic N) is 2. The third-order valence-corrected chi connectivity index (χ3v) is 3.42. The first-order valence-electron chi connectivity index (χ1n) is 6.40. The largest absolute Gasteiger partial charge is 0.461 e. The van der Waals surface area contributed by atoms with Crippen molar-refractivity contribution in [2.24, 2.45) is 0 Å². The van der Waals surface area contributed by atoms with Gasteiger partial charge >= 0.3 is 5.97 Å². The minimum Gasteiger partial charge on any atom is -0.461 e. The van der Waals surface area contributed by atoms with E-state index in [1.165, 1.54) is 11.3 Å². The van der Waals surface area contributed by atoms with Crippen LogP contribution in [-0.4, -0.2) is 34.4 Å².